The molecule has 0 unspecified atom stereocenters. The smallest absolute Gasteiger partial charge is 0.240 e. The second-order valence-electron chi connectivity index (χ2n) is 4.57. The van der Waals surface area contributed by atoms with Crippen molar-refractivity contribution in [1.82, 2.24) is 14.3 Å². The molecule has 109 valence electrons. The third-order valence-corrected chi connectivity index (χ3v) is 5.36. The van der Waals surface area contributed by atoms with Crippen molar-refractivity contribution in [3.8, 4) is 0 Å². The summed E-state index contributed by atoms with van der Waals surface area (Å²) in [7, 11) is -3.96. The summed E-state index contributed by atoms with van der Waals surface area (Å²) in [6.45, 7) is 0.299. The fourth-order valence-electron chi connectivity index (χ4n) is 2.19. The molecule has 1 aromatic carbocycles. The minimum Gasteiger partial charge on any atom is -0.240 e. The van der Waals surface area contributed by atoms with E-state index in [2.05, 4.69) is 16.2 Å². The number of nitrogens with zero attached hydrogens (tertiary/aromatic N) is 3. The number of rotatable bonds is 2. The average Bonchev–Trinajstić information content (AvgIpc) is 2.49. The number of aromatic nitrogens is 2. The van der Waals surface area contributed by atoms with E-state index in [1.54, 1.807) is 0 Å². The van der Waals surface area contributed by atoms with Crippen LogP contribution in [0.4, 0.5) is 4.39 Å². The third-order valence-electron chi connectivity index (χ3n) is 3.27. The van der Waals surface area contributed by atoms with Crippen LogP contribution in [-0.4, -0.2) is 29.2 Å². The highest BCUT2D eigenvalue weighted by molar-refractivity contribution is 7.89. The Labute approximate surface area is 126 Å². The van der Waals surface area contributed by atoms with E-state index in [-0.39, 0.29) is 18.1 Å². The molecule has 1 aliphatic heterocycles. The zero-order valence-corrected chi connectivity index (χ0v) is 12.3. The van der Waals surface area contributed by atoms with Crippen LogP contribution in [0.5, 0.6) is 0 Å². The maximum absolute atomic E-state index is 13.8. The molecule has 8 heteroatoms. The highest BCUT2D eigenvalue weighted by atomic mass is 35.5. The van der Waals surface area contributed by atoms with E-state index in [4.69, 9.17) is 11.6 Å². The predicted octanol–water partition coefficient (Wildman–Crippen LogP) is 1.82. The lowest BCUT2D eigenvalue weighted by atomic mass is 10.1. The molecule has 0 bridgehead atoms. The van der Waals surface area contributed by atoms with Crippen molar-refractivity contribution in [2.45, 2.75) is 17.9 Å². The highest BCUT2D eigenvalue weighted by Crippen LogP contribution is 2.26. The largest absolute Gasteiger partial charge is 0.246 e. The van der Waals surface area contributed by atoms with Crippen LogP contribution in [-0.2, 0) is 23.0 Å². The van der Waals surface area contributed by atoms with Gasteiger partial charge in [0.15, 0.2) is 0 Å². The molecule has 3 rings (SSSR count). The number of sulfonamides is 1. The minimum atomic E-state index is -3.96. The number of benzene rings is 1. The third kappa shape index (κ3) is 2.64. The molecule has 2 heterocycles. The van der Waals surface area contributed by atoms with Gasteiger partial charge in [-0.2, -0.15) is 4.31 Å². The molecular formula is C13H10ClFN3O2S. The number of hydrogen-bond acceptors (Lipinski definition) is 4. The molecule has 1 radical (unpaired) electrons. The fraction of sp³-hybridized carbons (Fsp3) is 0.231. The Bertz CT molecular complexity index is 798. The van der Waals surface area contributed by atoms with Crippen LogP contribution in [0, 0.1) is 12.0 Å². The summed E-state index contributed by atoms with van der Waals surface area (Å²) >= 11 is 5.77. The molecule has 5 nitrogen and oxygen atoms in total. The lowest BCUT2D eigenvalue weighted by molar-refractivity contribution is 0.381. The summed E-state index contributed by atoms with van der Waals surface area (Å²) in [6, 6.07) is 3.47. The van der Waals surface area contributed by atoms with Gasteiger partial charge < -0.3 is 0 Å². The van der Waals surface area contributed by atoms with Crippen molar-refractivity contribution in [2.24, 2.45) is 0 Å². The average molecular weight is 327 g/mol. The van der Waals surface area contributed by atoms with Gasteiger partial charge in [-0.3, -0.25) is 0 Å². The van der Waals surface area contributed by atoms with Crippen LogP contribution in [0.2, 0.25) is 5.02 Å². The first-order valence-corrected chi connectivity index (χ1v) is 7.96. The normalized spacial score (nSPS) is 15.7. The Morgan fingerprint density at radius 2 is 2.19 bits per heavy atom. The maximum Gasteiger partial charge on any atom is 0.246 e. The topological polar surface area (TPSA) is 63.2 Å². The van der Waals surface area contributed by atoms with Gasteiger partial charge in [0, 0.05) is 17.1 Å². The SMILES string of the molecule is O=S(=O)(c1cc(Cl)ccc1F)N1CCc2[c]ncnc2C1. The van der Waals surface area contributed by atoms with Gasteiger partial charge in [-0.05, 0) is 24.6 Å². The number of hydrogen-bond donors (Lipinski definition) is 0. The molecule has 0 saturated heterocycles. The summed E-state index contributed by atoms with van der Waals surface area (Å²) < 4.78 is 40.1. The zero-order chi connectivity index (χ0) is 15.0. The highest BCUT2D eigenvalue weighted by Gasteiger charge is 2.31. The molecule has 0 amide bonds. The van der Waals surface area contributed by atoms with Gasteiger partial charge in [0.1, 0.15) is 17.0 Å². The summed E-state index contributed by atoms with van der Waals surface area (Å²) in [4.78, 5) is 7.42. The molecule has 2 aromatic rings. The fourth-order valence-corrected chi connectivity index (χ4v) is 3.92. The van der Waals surface area contributed by atoms with Crippen LogP contribution < -0.4 is 0 Å². The predicted molar refractivity (Wildman–Crippen MR) is 73.6 cm³/mol. The van der Waals surface area contributed by atoms with Crippen molar-refractivity contribution >= 4 is 21.6 Å². The van der Waals surface area contributed by atoms with Crippen molar-refractivity contribution in [3.05, 3.63) is 52.8 Å². The van der Waals surface area contributed by atoms with Gasteiger partial charge in [0.05, 0.1) is 18.4 Å². The van der Waals surface area contributed by atoms with Gasteiger partial charge in [-0.15, -0.1) is 0 Å². The molecular weight excluding hydrogens is 317 g/mol. The van der Waals surface area contributed by atoms with Crippen LogP contribution in [0.25, 0.3) is 0 Å². The molecule has 1 aromatic heterocycles. The standard InChI is InChI=1S/C13H10ClFN3O2S/c14-10-1-2-11(15)13(5-10)21(19,20)18-4-3-9-6-16-8-17-12(9)7-18/h1-2,5,8H,3-4,7H2. The van der Waals surface area contributed by atoms with Crippen LogP contribution >= 0.6 is 11.6 Å². The van der Waals surface area contributed by atoms with Crippen LogP contribution in [0.15, 0.2) is 29.4 Å². The summed E-state index contributed by atoms with van der Waals surface area (Å²) in [5.74, 6) is -0.820. The zero-order valence-electron chi connectivity index (χ0n) is 10.8. The van der Waals surface area contributed by atoms with E-state index in [0.717, 1.165) is 17.7 Å². The molecule has 21 heavy (non-hydrogen) atoms. The van der Waals surface area contributed by atoms with Crippen molar-refractivity contribution in [1.29, 1.82) is 0 Å². The Kier molecular flexibility index (Phi) is 3.64. The Morgan fingerprint density at radius 1 is 1.38 bits per heavy atom. The molecule has 0 aliphatic carbocycles. The quantitative estimate of drug-likeness (QED) is 0.844. The van der Waals surface area contributed by atoms with Gasteiger partial charge in [-0.25, -0.2) is 22.8 Å². The lowest BCUT2D eigenvalue weighted by Gasteiger charge is -2.26. The van der Waals surface area contributed by atoms with E-state index in [1.807, 2.05) is 0 Å². The van der Waals surface area contributed by atoms with Crippen LogP contribution in [0.1, 0.15) is 11.3 Å². The molecule has 1 aliphatic rings. The number of fused-ring (bicyclic) bond motifs is 1. The van der Waals surface area contributed by atoms with Crippen molar-refractivity contribution in [3.63, 3.8) is 0 Å². The van der Waals surface area contributed by atoms with Crippen molar-refractivity contribution < 1.29 is 12.8 Å². The van der Waals surface area contributed by atoms with E-state index in [9.17, 15) is 12.8 Å². The van der Waals surface area contributed by atoms with Crippen molar-refractivity contribution in [2.75, 3.05) is 6.54 Å². The monoisotopic (exact) mass is 326 g/mol. The first kappa shape index (κ1) is 14.4. The van der Waals surface area contributed by atoms with Gasteiger partial charge in [-0.1, -0.05) is 11.6 Å². The van der Waals surface area contributed by atoms with E-state index in [0.29, 0.717) is 12.1 Å². The first-order valence-electron chi connectivity index (χ1n) is 6.14. The molecule has 0 atom stereocenters. The van der Waals surface area contributed by atoms with Gasteiger partial charge in [0.2, 0.25) is 10.0 Å². The maximum atomic E-state index is 13.8. The van der Waals surface area contributed by atoms with E-state index >= 15 is 0 Å². The van der Waals surface area contributed by atoms with Gasteiger partial charge in [0.25, 0.3) is 0 Å². The second-order valence-corrected chi connectivity index (χ2v) is 6.92. The van der Waals surface area contributed by atoms with Gasteiger partial charge >= 0.3 is 0 Å². The summed E-state index contributed by atoms with van der Waals surface area (Å²) in [6.07, 6.45) is 4.55. The minimum absolute atomic E-state index is 0.0721. The van der Waals surface area contributed by atoms with E-state index in [1.165, 1.54) is 16.7 Å². The molecule has 0 spiro atoms. The van der Waals surface area contributed by atoms with Crippen LogP contribution in [0.3, 0.4) is 0 Å². The first-order chi connectivity index (χ1) is 9.98. The Balaban J connectivity index is 1.99. The summed E-state index contributed by atoms with van der Waals surface area (Å²) in [5.41, 5.74) is 1.37. The molecule has 0 N–H and O–H groups in total. The Morgan fingerprint density at radius 3 is 3.00 bits per heavy atom. The molecule has 0 saturated carbocycles. The Hall–Kier alpha value is -1.57. The second kappa shape index (κ2) is 5.32. The number of halogens is 2. The lowest BCUT2D eigenvalue weighted by Crippen LogP contribution is -2.37. The van der Waals surface area contributed by atoms with E-state index < -0.39 is 20.7 Å². The summed E-state index contributed by atoms with van der Waals surface area (Å²) in [5, 5.41) is 0.169. The molecule has 0 fully saturated rings.